The van der Waals surface area contributed by atoms with E-state index in [0.717, 1.165) is 32.0 Å². The van der Waals surface area contributed by atoms with Gasteiger partial charge in [-0.2, -0.15) is 4.98 Å². The van der Waals surface area contributed by atoms with E-state index < -0.39 is 0 Å². The molecule has 0 aliphatic carbocycles. The summed E-state index contributed by atoms with van der Waals surface area (Å²) in [4.78, 5) is 15.6. The molecule has 0 spiro atoms. The highest BCUT2D eigenvalue weighted by molar-refractivity contribution is 5.80. The third-order valence-electron chi connectivity index (χ3n) is 5.09. The van der Waals surface area contributed by atoms with Crippen LogP contribution in [0.4, 0.5) is 0 Å². The van der Waals surface area contributed by atoms with Crippen LogP contribution in [0.1, 0.15) is 58.0 Å². The highest BCUT2D eigenvalue weighted by Crippen LogP contribution is 2.27. The minimum absolute atomic E-state index is 0.181. The van der Waals surface area contributed by atoms with Gasteiger partial charge in [0.25, 0.3) is 0 Å². The molecule has 1 fully saturated rings. The third kappa shape index (κ3) is 4.89. The molecule has 9 heteroatoms. The molecule has 1 N–H and O–H groups in total. The smallest absolute Gasteiger partial charge is 0.248 e. The second-order valence-corrected chi connectivity index (χ2v) is 7.10. The van der Waals surface area contributed by atoms with Crippen molar-refractivity contribution in [3.63, 3.8) is 0 Å². The van der Waals surface area contributed by atoms with Crippen LogP contribution in [-0.4, -0.2) is 56.8 Å². The third-order valence-corrected chi connectivity index (χ3v) is 5.09. The molecule has 154 valence electrons. The number of hydrogen-bond acceptors (Lipinski definition) is 6. The van der Waals surface area contributed by atoms with Crippen LogP contribution in [0.15, 0.2) is 28.2 Å². The van der Waals surface area contributed by atoms with E-state index >= 15 is 0 Å². The number of aliphatic imine (C=N–C) groups is 1. The Balaban J connectivity index is 1.68. The van der Waals surface area contributed by atoms with Crippen LogP contribution in [0.5, 0.6) is 0 Å². The van der Waals surface area contributed by atoms with Crippen molar-refractivity contribution in [2.75, 3.05) is 26.2 Å². The van der Waals surface area contributed by atoms with Gasteiger partial charge < -0.3 is 24.0 Å². The van der Waals surface area contributed by atoms with Crippen LogP contribution in [0, 0.1) is 5.92 Å². The van der Waals surface area contributed by atoms with Gasteiger partial charge in [-0.25, -0.2) is 9.98 Å². The Bertz CT molecular complexity index is 743. The van der Waals surface area contributed by atoms with E-state index in [9.17, 15) is 0 Å². The fourth-order valence-corrected chi connectivity index (χ4v) is 3.49. The molecule has 2 aromatic heterocycles. The molecular formula is C19H31N7O2. The second-order valence-electron chi connectivity index (χ2n) is 7.10. The maximum Gasteiger partial charge on any atom is 0.248 e. The standard InChI is InChI=1S/C19H31N7O2/c1-5-21-19(22-11-17-23-18(24-28-17)15(4)27-6-2)25-9-7-14(3)16(12-25)26-10-8-20-13-26/h8,10,13-16H,5-7,9,11-12H2,1-4H3,(H,21,22). The lowest BCUT2D eigenvalue weighted by Crippen LogP contribution is -2.49. The van der Waals surface area contributed by atoms with Crippen LogP contribution in [0.2, 0.25) is 0 Å². The lowest BCUT2D eigenvalue weighted by molar-refractivity contribution is 0.0683. The predicted octanol–water partition coefficient (Wildman–Crippen LogP) is 2.41. The summed E-state index contributed by atoms with van der Waals surface area (Å²) in [5.74, 6) is 2.52. The number of imidazole rings is 1. The van der Waals surface area contributed by atoms with Gasteiger partial charge in [-0.3, -0.25) is 0 Å². The van der Waals surface area contributed by atoms with Gasteiger partial charge in [-0.05, 0) is 33.1 Å². The topological polar surface area (TPSA) is 93.6 Å². The minimum Gasteiger partial charge on any atom is -0.371 e. The SMILES string of the molecule is CCNC(=NCc1nc(C(C)OCC)no1)N1CCC(C)C(n2ccnc2)C1. The zero-order chi connectivity index (χ0) is 19.9. The van der Waals surface area contributed by atoms with E-state index in [2.05, 4.69) is 43.8 Å². The van der Waals surface area contributed by atoms with Crippen molar-refractivity contribution in [2.24, 2.45) is 10.9 Å². The molecule has 3 heterocycles. The number of aromatic nitrogens is 4. The predicted molar refractivity (Wildman–Crippen MR) is 106 cm³/mol. The number of guanidine groups is 1. The summed E-state index contributed by atoms with van der Waals surface area (Å²) >= 11 is 0. The first-order valence-corrected chi connectivity index (χ1v) is 10.1. The van der Waals surface area contributed by atoms with E-state index in [1.54, 1.807) is 0 Å². The van der Waals surface area contributed by atoms with Crippen molar-refractivity contribution in [3.8, 4) is 0 Å². The first-order valence-electron chi connectivity index (χ1n) is 10.1. The maximum atomic E-state index is 5.51. The molecule has 0 radical (unpaired) electrons. The van der Waals surface area contributed by atoms with Crippen LogP contribution < -0.4 is 5.32 Å². The molecule has 9 nitrogen and oxygen atoms in total. The highest BCUT2D eigenvalue weighted by atomic mass is 16.5. The number of piperidine rings is 1. The van der Waals surface area contributed by atoms with Crippen molar-refractivity contribution in [1.29, 1.82) is 0 Å². The Morgan fingerprint density at radius 1 is 1.46 bits per heavy atom. The lowest BCUT2D eigenvalue weighted by atomic mass is 9.93. The van der Waals surface area contributed by atoms with Gasteiger partial charge in [0.2, 0.25) is 5.89 Å². The Hall–Kier alpha value is -2.42. The number of rotatable bonds is 7. The quantitative estimate of drug-likeness (QED) is 0.574. The summed E-state index contributed by atoms with van der Waals surface area (Å²) in [6.45, 7) is 11.8. The molecular weight excluding hydrogens is 358 g/mol. The van der Waals surface area contributed by atoms with Crippen LogP contribution in [0.25, 0.3) is 0 Å². The molecule has 1 aliphatic rings. The van der Waals surface area contributed by atoms with E-state index in [0.29, 0.717) is 36.8 Å². The van der Waals surface area contributed by atoms with Crippen molar-refractivity contribution < 1.29 is 9.26 Å². The van der Waals surface area contributed by atoms with Crippen molar-refractivity contribution in [1.82, 2.24) is 29.9 Å². The monoisotopic (exact) mass is 389 g/mol. The molecule has 1 aliphatic heterocycles. The van der Waals surface area contributed by atoms with Gasteiger partial charge >= 0.3 is 0 Å². The Morgan fingerprint density at radius 2 is 2.32 bits per heavy atom. The van der Waals surface area contributed by atoms with Gasteiger partial charge in [-0.1, -0.05) is 12.1 Å². The molecule has 1 saturated heterocycles. The van der Waals surface area contributed by atoms with E-state index in [-0.39, 0.29) is 6.10 Å². The zero-order valence-electron chi connectivity index (χ0n) is 17.2. The van der Waals surface area contributed by atoms with Crippen LogP contribution in [0.3, 0.4) is 0 Å². The summed E-state index contributed by atoms with van der Waals surface area (Å²) in [6, 6.07) is 0.377. The molecule has 0 saturated carbocycles. The van der Waals surface area contributed by atoms with Gasteiger partial charge in [0.05, 0.1) is 12.4 Å². The van der Waals surface area contributed by atoms with Gasteiger partial charge in [-0.15, -0.1) is 0 Å². The van der Waals surface area contributed by atoms with Gasteiger partial charge in [0.1, 0.15) is 12.6 Å². The molecule has 0 bridgehead atoms. The fourth-order valence-electron chi connectivity index (χ4n) is 3.49. The molecule has 28 heavy (non-hydrogen) atoms. The average molecular weight is 390 g/mol. The van der Waals surface area contributed by atoms with E-state index in [1.807, 2.05) is 32.6 Å². The number of hydrogen-bond donors (Lipinski definition) is 1. The summed E-state index contributed by atoms with van der Waals surface area (Å²) in [5, 5.41) is 7.39. The lowest BCUT2D eigenvalue weighted by Gasteiger charge is -2.39. The average Bonchev–Trinajstić information content (AvgIpc) is 3.38. The van der Waals surface area contributed by atoms with Crippen molar-refractivity contribution in [2.45, 2.75) is 52.8 Å². The molecule has 0 aromatic carbocycles. The zero-order valence-corrected chi connectivity index (χ0v) is 17.2. The Morgan fingerprint density at radius 3 is 3.04 bits per heavy atom. The summed E-state index contributed by atoms with van der Waals surface area (Å²) in [5.41, 5.74) is 0. The first-order chi connectivity index (χ1) is 13.6. The number of ether oxygens (including phenoxy) is 1. The number of nitrogens with one attached hydrogen (secondary N) is 1. The first kappa shape index (κ1) is 20.3. The highest BCUT2D eigenvalue weighted by Gasteiger charge is 2.29. The number of likely N-dealkylation sites (tertiary alicyclic amines) is 1. The molecule has 3 atom stereocenters. The molecule has 3 rings (SSSR count). The molecule has 3 unspecified atom stereocenters. The number of nitrogens with zero attached hydrogens (tertiary/aromatic N) is 6. The van der Waals surface area contributed by atoms with Crippen molar-refractivity contribution >= 4 is 5.96 Å². The second kappa shape index (κ2) is 9.68. The normalized spacial score (nSPS) is 21.7. The van der Waals surface area contributed by atoms with E-state index in [1.165, 1.54) is 0 Å². The summed E-state index contributed by atoms with van der Waals surface area (Å²) in [6.07, 6.45) is 6.69. The fraction of sp³-hybridized carbons (Fsp3) is 0.684. The van der Waals surface area contributed by atoms with Gasteiger partial charge in [0.15, 0.2) is 11.8 Å². The molecule has 0 amide bonds. The van der Waals surface area contributed by atoms with Crippen molar-refractivity contribution in [3.05, 3.63) is 30.4 Å². The summed E-state index contributed by atoms with van der Waals surface area (Å²) in [7, 11) is 0. The van der Waals surface area contributed by atoms with E-state index in [4.69, 9.17) is 14.3 Å². The minimum atomic E-state index is -0.181. The van der Waals surface area contributed by atoms with Crippen LogP contribution >= 0.6 is 0 Å². The Labute approximate surface area is 166 Å². The van der Waals surface area contributed by atoms with Gasteiger partial charge in [0, 0.05) is 38.6 Å². The maximum absolute atomic E-state index is 5.51. The molecule has 2 aromatic rings. The Kier molecular flexibility index (Phi) is 7.02. The van der Waals surface area contributed by atoms with Crippen LogP contribution in [-0.2, 0) is 11.3 Å². The summed E-state index contributed by atoms with van der Waals surface area (Å²) < 4.78 is 13.0. The largest absolute Gasteiger partial charge is 0.371 e.